The van der Waals surface area contributed by atoms with Crippen LogP contribution in [-0.2, 0) is 23.4 Å². The van der Waals surface area contributed by atoms with Crippen molar-refractivity contribution >= 4 is 23.2 Å². The quantitative estimate of drug-likeness (QED) is 0.147. The molecule has 9 rings (SSSR count). The fourth-order valence-electron chi connectivity index (χ4n) is 6.52. The largest absolute Gasteiger partial charge is 0.419 e. The van der Waals surface area contributed by atoms with Crippen LogP contribution in [0.2, 0.25) is 0 Å². The van der Waals surface area contributed by atoms with E-state index >= 15 is 0 Å². The van der Waals surface area contributed by atoms with E-state index in [2.05, 4.69) is 40.8 Å². The van der Waals surface area contributed by atoms with Crippen LogP contribution < -0.4 is 10.6 Å². The Morgan fingerprint density at radius 3 is 1.50 bits per heavy atom. The molecule has 0 spiro atoms. The van der Waals surface area contributed by atoms with Crippen molar-refractivity contribution < 1.29 is 35.1 Å². The number of aromatic nitrogens is 8. The van der Waals surface area contributed by atoms with Gasteiger partial charge in [-0.15, -0.1) is 0 Å². The molecule has 296 valence electrons. The highest BCUT2D eigenvalue weighted by Gasteiger charge is 2.47. The third-order valence-electron chi connectivity index (χ3n) is 10.0. The maximum absolute atomic E-state index is 14.0. The number of alkyl halides is 6. The molecule has 0 aliphatic heterocycles. The highest BCUT2D eigenvalue weighted by Crippen LogP contribution is 2.51. The van der Waals surface area contributed by atoms with Crippen LogP contribution in [0.3, 0.4) is 0 Å². The summed E-state index contributed by atoms with van der Waals surface area (Å²) >= 11 is 0. The highest BCUT2D eigenvalue weighted by atomic mass is 19.4. The van der Waals surface area contributed by atoms with E-state index in [4.69, 9.17) is 0 Å². The van der Waals surface area contributed by atoms with Crippen LogP contribution in [-0.4, -0.2) is 39.2 Å². The minimum Gasteiger partial charge on any atom is -0.360 e. The predicted octanol–water partition coefficient (Wildman–Crippen LogP) is 9.79. The molecule has 0 atom stereocenters. The molecule has 10 nitrogen and oxygen atoms in total. The van der Waals surface area contributed by atoms with E-state index in [1.54, 1.807) is 4.52 Å². The maximum atomic E-state index is 14.0. The first-order chi connectivity index (χ1) is 26.6. The van der Waals surface area contributed by atoms with Crippen molar-refractivity contribution in [3.05, 3.63) is 106 Å². The summed E-state index contributed by atoms with van der Waals surface area (Å²) in [5.74, 6) is 0.228. The zero-order valence-corrected chi connectivity index (χ0v) is 30.8. The molecule has 0 unspecified atom stereocenters. The van der Waals surface area contributed by atoms with E-state index in [0.29, 0.717) is 65.9 Å². The fourth-order valence-corrected chi connectivity index (χ4v) is 6.52. The van der Waals surface area contributed by atoms with Gasteiger partial charge < -0.3 is 10.6 Å². The summed E-state index contributed by atoms with van der Waals surface area (Å²) < 4.78 is 108. The summed E-state index contributed by atoms with van der Waals surface area (Å²) in [5, 5.41) is 15.0. The second kappa shape index (κ2) is 14.3. The lowest BCUT2D eigenvalue weighted by Gasteiger charge is -2.21. The summed E-state index contributed by atoms with van der Waals surface area (Å²) in [5.41, 5.74) is -1.03. The standard InChI is InChI=1S/C18H15F4N5.C18H17F4N5.C2H6/c19-13-7-11(3-4-12(13)18(20,21)22)17(5-6-17)26-15-8-14(10-1-2-10)25-16-23-9-24-27(15)16;1-10(2)14-8-15(27-16(25-14)23-9-24-27)26-17(5-6-17)11-3-4-12(13(19)7-11)18(20,21)22;1-2/h3-4,7-10,26H,1-2,5-6H2;3-4,7-10,26H,5-6H2,1-2H3;1-2H3. The Bertz CT molecular complexity index is 2210. The van der Waals surface area contributed by atoms with Crippen molar-refractivity contribution in [3.63, 3.8) is 0 Å². The number of hydrogen-bond acceptors (Lipinski definition) is 8. The number of benzene rings is 2. The molecule has 3 aliphatic carbocycles. The molecule has 0 bridgehead atoms. The van der Waals surface area contributed by atoms with Gasteiger partial charge in [-0.2, -0.15) is 55.5 Å². The third kappa shape index (κ3) is 7.69. The smallest absolute Gasteiger partial charge is 0.360 e. The van der Waals surface area contributed by atoms with Gasteiger partial charge in [-0.05, 0) is 79.8 Å². The molecule has 6 aromatic rings. The van der Waals surface area contributed by atoms with Gasteiger partial charge in [-0.3, -0.25) is 0 Å². The Morgan fingerprint density at radius 1 is 0.661 bits per heavy atom. The van der Waals surface area contributed by atoms with Crippen molar-refractivity contribution in [2.45, 2.75) is 101 Å². The van der Waals surface area contributed by atoms with Gasteiger partial charge in [-0.1, -0.05) is 39.8 Å². The summed E-state index contributed by atoms with van der Waals surface area (Å²) in [6.45, 7) is 7.99. The van der Waals surface area contributed by atoms with Gasteiger partial charge in [0.25, 0.3) is 11.6 Å². The molecule has 2 aromatic carbocycles. The van der Waals surface area contributed by atoms with Crippen molar-refractivity contribution in [2.24, 2.45) is 0 Å². The molecule has 2 N–H and O–H groups in total. The Labute approximate surface area is 315 Å². The predicted molar refractivity (Wildman–Crippen MR) is 191 cm³/mol. The van der Waals surface area contributed by atoms with E-state index in [0.717, 1.165) is 48.5 Å². The molecule has 0 radical (unpaired) electrons. The van der Waals surface area contributed by atoms with Crippen LogP contribution in [0.4, 0.5) is 46.8 Å². The monoisotopic (exact) mass is 786 g/mol. The number of anilines is 2. The summed E-state index contributed by atoms with van der Waals surface area (Å²) in [7, 11) is 0. The lowest BCUT2D eigenvalue weighted by atomic mass is 10.0. The van der Waals surface area contributed by atoms with Gasteiger partial charge in [-0.25, -0.2) is 18.7 Å². The van der Waals surface area contributed by atoms with Gasteiger partial charge >= 0.3 is 12.4 Å². The topological polar surface area (TPSA) is 110 Å². The average Bonchev–Trinajstić information content (AvgIpc) is 4.11. The van der Waals surface area contributed by atoms with E-state index in [9.17, 15) is 35.1 Å². The van der Waals surface area contributed by atoms with Crippen LogP contribution in [0, 0.1) is 11.6 Å². The first kappa shape index (κ1) is 38.8. The van der Waals surface area contributed by atoms with Gasteiger partial charge in [0.15, 0.2) is 0 Å². The lowest BCUT2D eigenvalue weighted by molar-refractivity contribution is -0.140. The fraction of sp³-hybridized carbons (Fsp3) is 0.421. The second-order valence-corrected chi connectivity index (χ2v) is 14.3. The van der Waals surface area contributed by atoms with Crippen LogP contribution in [0.1, 0.15) is 112 Å². The first-order valence-electron chi connectivity index (χ1n) is 18.3. The number of fused-ring (bicyclic) bond motifs is 2. The van der Waals surface area contributed by atoms with Crippen molar-refractivity contribution in [3.8, 4) is 0 Å². The average molecular weight is 787 g/mol. The van der Waals surface area contributed by atoms with Crippen molar-refractivity contribution in [2.75, 3.05) is 10.6 Å². The molecule has 3 saturated carbocycles. The Kier molecular flexibility index (Phi) is 9.89. The number of nitrogens with one attached hydrogen (secondary N) is 2. The number of nitrogens with zero attached hydrogens (tertiary/aromatic N) is 8. The minimum absolute atomic E-state index is 0.158. The first-order valence-corrected chi connectivity index (χ1v) is 18.3. The number of halogens is 8. The lowest BCUT2D eigenvalue weighted by Crippen LogP contribution is -2.22. The van der Waals surface area contributed by atoms with Crippen LogP contribution in [0.25, 0.3) is 11.6 Å². The van der Waals surface area contributed by atoms with E-state index in [-0.39, 0.29) is 5.92 Å². The molecule has 3 aliphatic rings. The highest BCUT2D eigenvalue weighted by molar-refractivity contribution is 5.53. The van der Waals surface area contributed by atoms with Gasteiger partial charge in [0.1, 0.15) is 35.9 Å². The normalized spacial score (nSPS) is 16.9. The van der Waals surface area contributed by atoms with Gasteiger partial charge in [0.05, 0.1) is 33.6 Å². The molecule has 18 heteroatoms. The molecule has 4 aromatic heterocycles. The molecule has 0 amide bonds. The van der Waals surface area contributed by atoms with Crippen molar-refractivity contribution in [1.29, 1.82) is 0 Å². The Hall–Kier alpha value is -5.42. The molecular formula is C38H38F8N10. The van der Waals surface area contributed by atoms with Crippen LogP contribution >= 0.6 is 0 Å². The molecule has 4 heterocycles. The SMILES string of the molecule is CC.CC(C)c1cc(NC2(c3ccc(C(F)(F)F)c(F)c3)CC2)n2ncnc2n1.Fc1cc(C2(Nc3cc(C4CC4)nc4ncnn34)CC2)ccc1C(F)(F)F. The van der Waals surface area contributed by atoms with Crippen molar-refractivity contribution in [1.82, 2.24) is 39.2 Å². The van der Waals surface area contributed by atoms with Crippen LogP contribution in [0.5, 0.6) is 0 Å². The summed E-state index contributed by atoms with van der Waals surface area (Å²) in [6, 6.07) is 9.95. The van der Waals surface area contributed by atoms with E-state index < -0.39 is 46.2 Å². The number of rotatable bonds is 8. The zero-order valence-electron chi connectivity index (χ0n) is 30.8. The summed E-state index contributed by atoms with van der Waals surface area (Å²) in [6.07, 6.45) is -1.75. The second-order valence-electron chi connectivity index (χ2n) is 14.3. The van der Waals surface area contributed by atoms with Gasteiger partial charge in [0.2, 0.25) is 0 Å². The Morgan fingerprint density at radius 2 is 1.11 bits per heavy atom. The molecule has 56 heavy (non-hydrogen) atoms. The summed E-state index contributed by atoms with van der Waals surface area (Å²) in [4.78, 5) is 17.2. The maximum Gasteiger partial charge on any atom is 0.419 e. The third-order valence-corrected chi connectivity index (χ3v) is 10.0. The van der Waals surface area contributed by atoms with Gasteiger partial charge in [0, 0.05) is 18.1 Å². The minimum atomic E-state index is -4.71. The van der Waals surface area contributed by atoms with E-state index in [1.807, 2.05) is 39.8 Å². The molecular weight excluding hydrogens is 748 g/mol. The molecule has 3 fully saturated rings. The van der Waals surface area contributed by atoms with Crippen LogP contribution in [0.15, 0.2) is 61.2 Å². The van der Waals surface area contributed by atoms with E-state index in [1.165, 1.54) is 29.3 Å². The number of hydrogen-bond donors (Lipinski definition) is 2. The zero-order chi connectivity index (χ0) is 40.2. The molecule has 0 saturated heterocycles. The Balaban J connectivity index is 0.000000164.